The van der Waals surface area contributed by atoms with E-state index in [9.17, 15) is 10.0 Å². The normalized spacial score (nSPS) is 18.9. The summed E-state index contributed by atoms with van der Waals surface area (Å²) in [6.45, 7) is 2.06. The first-order valence-electron chi connectivity index (χ1n) is 9.82. The van der Waals surface area contributed by atoms with Crippen LogP contribution < -0.4 is 5.32 Å². The second-order valence-corrected chi connectivity index (χ2v) is 10.6. The summed E-state index contributed by atoms with van der Waals surface area (Å²) in [5.41, 5.74) is 1.57. The third-order valence-corrected chi connectivity index (χ3v) is 7.38. The summed E-state index contributed by atoms with van der Waals surface area (Å²) in [6.07, 6.45) is 4.00. The van der Waals surface area contributed by atoms with E-state index in [0.29, 0.717) is 27.2 Å². The smallest absolute Gasteiger partial charge is 0.256 e. The molecule has 0 spiro atoms. The first-order chi connectivity index (χ1) is 15.5. The van der Waals surface area contributed by atoms with Gasteiger partial charge in [0.25, 0.3) is 5.91 Å². The molecule has 14 heteroatoms. The van der Waals surface area contributed by atoms with E-state index in [4.69, 9.17) is 14.1 Å². The molecule has 1 aliphatic rings. The fraction of sp³-hybridized carbons (Fsp3) is 0.368. The molecule has 1 aliphatic heterocycles. The van der Waals surface area contributed by atoms with Crippen molar-refractivity contribution in [2.24, 2.45) is 0 Å². The van der Waals surface area contributed by atoms with Crippen molar-refractivity contribution in [3.63, 3.8) is 0 Å². The number of carbonyl (C=O) groups excluding carboxylic acids is 1. The van der Waals surface area contributed by atoms with Gasteiger partial charge in [-0.25, -0.2) is 15.0 Å². The van der Waals surface area contributed by atoms with Gasteiger partial charge >= 0.3 is 0 Å². The number of nitrogens with one attached hydrogen (secondary N) is 1. The molecule has 178 valence electrons. The Balaban J connectivity index is 0.00000306. The molecule has 3 heterocycles. The minimum absolute atomic E-state index is 0. The maximum Gasteiger partial charge on any atom is 0.256 e. The molecule has 1 fully saturated rings. The average molecular weight is 513 g/mol. The molecule has 0 saturated carbocycles. The molecule has 3 atom stereocenters. The number of rotatable bonds is 9. The second-order valence-electron chi connectivity index (χ2n) is 6.89. The number of imidazole rings is 1. The van der Waals surface area contributed by atoms with Gasteiger partial charge in [-0.15, -0.1) is 0 Å². The summed E-state index contributed by atoms with van der Waals surface area (Å²) in [7, 11) is 0.724. The molecule has 1 amide bonds. The van der Waals surface area contributed by atoms with Crippen LogP contribution in [0.3, 0.4) is 0 Å². The molecule has 0 bridgehead atoms. The highest BCUT2D eigenvalue weighted by atomic mass is 32.7. The lowest BCUT2D eigenvalue weighted by Crippen LogP contribution is -2.21. The number of nitrogens with zero attached hydrogens (tertiary/aromatic N) is 5. The topological polar surface area (TPSA) is 124 Å². The van der Waals surface area contributed by atoms with Crippen molar-refractivity contribution < 1.29 is 24.1 Å². The van der Waals surface area contributed by atoms with Gasteiger partial charge in [0.2, 0.25) is 0 Å². The molecule has 11 nitrogen and oxygen atoms in total. The van der Waals surface area contributed by atoms with E-state index in [1.807, 2.05) is 17.3 Å². The van der Waals surface area contributed by atoms with Crippen LogP contribution in [0.4, 0.5) is 5.82 Å². The molecule has 1 saturated heterocycles. The lowest BCUT2D eigenvalue weighted by atomic mass is 10.2. The van der Waals surface area contributed by atoms with E-state index in [0.717, 1.165) is 24.4 Å². The van der Waals surface area contributed by atoms with Crippen molar-refractivity contribution in [1.82, 2.24) is 24.2 Å². The maximum absolute atomic E-state index is 12.5. The van der Waals surface area contributed by atoms with E-state index in [-0.39, 0.29) is 38.3 Å². The number of fused-ring (bicyclic) bond motifs is 1. The molecule has 1 aromatic carbocycles. The van der Waals surface area contributed by atoms with Gasteiger partial charge in [0.15, 0.2) is 17.0 Å². The zero-order valence-corrected chi connectivity index (χ0v) is 20.7. The quantitative estimate of drug-likeness (QED) is 0.249. The van der Waals surface area contributed by atoms with Crippen molar-refractivity contribution in [2.75, 3.05) is 25.7 Å². The van der Waals surface area contributed by atoms with Gasteiger partial charge in [-0.2, -0.15) is 13.5 Å². The third kappa shape index (κ3) is 6.40. The van der Waals surface area contributed by atoms with Crippen molar-refractivity contribution >= 4 is 55.3 Å². The molecule has 0 radical (unpaired) electrons. The van der Waals surface area contributed by atoms with Crippen LogP contribution >= 0.6 is 32.4 Å². The molecular formula is C19H25N6O5PS2. The number of benzene rings is 1. The van der Waals surface area contributed by atoms with Crippen LogP contribution in [-0.4, -0.2) is 61.8 Å². The molecule has 2 aromatic heterocycles. The van der Waals surface area contributed by atoms with Crippen molar-refractivity contribution in [1.29, 1.82) is 0 Å². The Hall–Kier alpha value is -1.83. The summed E-state index contributed by atoms with van der Waals surface area (Å²) < 4.78 is 13.7. The Morgan fingerprint density at radius 2 is 2.12 bits per heavy atom. The second kappa shape index (κ2) is 12.0. The van der Waals surface area contributed by atoms with Gasteiger partial charge < -0.3 is 14.6 Å². The highest BCUT2D eigenvalue weighted by Crippen LogP contribution is 2.47. The molecule has 0 aliphatic carbocycles. The lowest BCUT2D eigenvalue weighted by Gasteiger charge is -2.19. The van der Waals surface area contributed by atoms with Crippen molar-refractivity contribution in [2.45, 2.75) is 25.2 Å². The van der Waals surface area contributed by atoms with Crippen LogP contribution in [0.5, 0.6) is 0 Å². The standard InChI is InChI=1S/C19H23N6O5PS.H2S/c1-28-31(2)32-25(27)29-10-14-8-9-15(30-14)24-12-22-16-17(20-11-21-18(16)24)23-19(26)13-6-4-3-5-7-13;/h3-7,11-12,14-15,27H,8-10H2,1-2H3,(H,20,21,23,26);1H2. The minimum Gasteiger partial charge on any atom is -0.352 e. The minimum atomic E-state index is -0.854. The Morgan fingerprint density at radius 3 is 2.88 bits per heavy atom. The van der Waals surface area contributed by atoms with E-state index < -0.39 is 7.35 Å². The Morgan fingerprint density at radius 1 is 1.33 bits per heavy atom. The number of hydrogen-bond acceptors (Lipinski definition) is 10. The van der Waals surface area contributed by atoms with Crippen molar-refractivity contribution in [3.8, 4) is 0 Å². The number of ether oxygens (including phenoxy) is 1. The molecule has 3 aromatic rings. The zero-order chi connectivity index (χ0) is 22.5. The highest BCUT2D eigenvalue weighted by molar-refractivity contribution is 8.52. The molecule has 2 N–H and O–H groups in total. The monoisotopic (exact) mass is 512 g/mol. The number of hydrogen-bond donors (Lipinski definition) is 2. The van der Waals surface area contributed by atoms with Gasteiger partial charge in [-0.1, -0.05) is 18.2 Å². The molecule has 33 heavy (non-hydrogen) atoms. The van der Waals surface area contributed by atoms with Crippen LogP contribution in [0.25, 0.3) is 11.2 Å². The number of anilines is 1. The summed E-state index contributed by atoms with van der Waals surface area (Å²) in [5, 5.41) is 12.6. The predicted octanol–water partition coefficient (Wildman–Crippen LogP) is 3.73. The highest BCUT2D eigenvalue weighted by Gasteiger charge is 2.29. The maximum atomic E-state index is 12.5. The fourth-order valence-corrected chi connectivity index (χ4v) is 4.54. The van der Waals surface area contributed by atoms with E-state index in [2.05, 4.69) is 20.3 Å². The van der Waals surface area contributed by atoms with Crippen LogP contribution in [0, 0.1) is 0 Å². The van der Waals surface area contributed by atoms with Crippen LogP contribution in [0.2, 0.25) is 0 Å². The number of amides is 1. The molecular weight excluding hydrogens is 487 g/mol. The SMILES string of the molecule is COP(C)SN(O)OCC1CCC(n2cnc3c(NC(=O)c4ccccc4)ncnc32)O1.S. The summed E-state index contributed by atoms with van der Waals surface area (Å²) in [6, 6.07) is 8.89. The number of aromatic nitrogens is 4. The van der Waals surface area contributed by atoms with Crippen LogP contribution in [0.1, 0.15) is 29.4 Å². The summed E-state index contributed by atoms with van der Waals surface area (Å²) in [5.74, 6) is 0.0627. The lowest BCUT2D eigenvalue weighted by molar-refractivity contribution is -0.270. The van der Waals surface area contributed by atoms with Crippen molar-refractivity contribution in [3.05, 3.63) is 48.5 Å². The zero-order valence-electron chi connectivity index (χ0n) is 18.0. The van der Waals surface area contributed by atoms with Crippen LogP contribution in [-0.2, 0) is 14.1 Å². The van der Waals surface area contributed by atoms with Gasteiger partial charge in [-0.3, -0.25) is 19.4 Å². The first-order valence-corrected chi connectivity index (χ1v) is 12.9. The van der Waals surface area contributed by atoms with E-state index in [1.54, 1.807) is 37.7 Å². The fourth-order valence-electron chi connectivity index (χ4n) is 3.24. The summed E-state index contributed by atoms with van der Waals surface area (Å²) in [4.78, 5) is 30.7. The Bertz CT molecular complexity index is 1060. The van der Waals surface area contributed by atoms with Gasteiger partial charge in [-0.05, 0) is 31.6 Å². The van der Waals surface area contributed by atoms with Gasteiger partial charge in [0, 0.05) is 28.9 Å². The Labute approximate surface area is 202 Å². The predicted molar refractivity (Wildman–Crippen MR) is 130 cm³/mol. The van der Waals surface area contributed by atoms with Gasteiger partial charge in [0.05, 0.1) is 19.0 Å². The third-order valence-electron chi connectivity index (χ3n) is 4.83. The van der Waals surface area contributed by atoms with E-state index in [1.165, 1.54) is 6.33 Å². The average Bonchev–Trinajstić information content (AvgIpc) is 3.45. The summed E-state index contributed by atoms with van der Waals surface area (Å²) >= 11 is 1.08. The first kappa shape index (κ1) is 25.8. The Kier molecular flexibility index (Phi) is 9.41. The molecule has 4 rings (SSSR count). The van der Waals surface area contributed by atoms with Crippen LogP contribution in [0.15, 0.2) is 43.0 Å². The van der Waals surface area contributed by atoms with E-state index >= 15 is 0 Å². The van der Waals surface area contributed by atoms with Gasteiger partial charge in [0.1, 0.15) is 19.9 Å². The molecule has 3 unspecified atom stereocenters. The largest absolute Gasteiger partial charge is 0.352 e. The number of carbonyl (C=O) groups is 1.